The number of hydrogen-bond acceptors (Lipinski definition) is 5. The van der Waals surface area contributed by atoms with Gasteiger partial charge in [-0.2, -0.15) is 0 Å². The summed E-state index contributed by atoms with van der Waals surface area (Å²) in [7, 11) is 1.67. The van der Waals surface area contributed by atoms with Gasteiger partial charge in [0.05, 0.1) is 12.1 Å². The Labute approximate surface area is 168 Å². The number of likely N-dealkylation sites (N-methyl/N-ethyl adjacent to an activating group) is 1. The predicted octanol–water partition coefficient (Wildman–Crippen LogP) is 3.84. The number of aromatic amines is 1. The van der Waals surface area contributed by atoms with E-state index < -0.39 is 6.10 Å². The molecule has 1 N–H and O–H groups in total. The van der Waals surface area contributed by atoms with E-state index in [2.05, 4.69) is 23.8 Å². The molecule has 0 radical (unpaired) electrons. The van der Waals surface area contributed by atoms with Crippen molar-refractivity contribution >= 4 is 27.5 Å². The molecule has 2 heterocycles. The maximum atomic E-state index is 12.7. The van der Waals surface area contributed by atoms with E-state index in [1.807, 2.05) is 30.5 Å². The minimum absolute atomic E-state index is 0.180. The predicted molar refractivity (Wildman–Crippen MR) is 112 cm³/mol. The van der Waals surface area contributed by atoms with Gasteiger partial charge in [-0.15, -0.1) is 11.3 Å². The third kappa shape index (κ3) is 4.25. The van der Waals surface area contributed by atoms with Crippen molar-refractivity contribution in [2.75, 3.05) is 7.05 Å². The zero-order valence-corrected chi connectivity index (χ0v) is 17.6. The number of H-pyrrole nitrogens is 1. The van der Waals surface area contributed by atoms with Crippen molar-refractivity contribution in [1.82, 2.24) is 14.9 Å². The summed E-state index contributed by atoms with van der Waals surface area (Å²) in [6.45, 7) is 8.27. The van der Waals surface area contributed by atoms with E-state index in [4.69, 9.17) is 4.74 Å². The summed E-state index contributed by atoms with van der Waals surface area (Å²) in [5, 5.41) is 1.83. The maximum Gasteiger partial charge on any atom is 0.268 e. The van der Waals surface area contributed by atoms with Crippen LogP contribution in [0.4, 0.5) is 0 Å². The Balaban J connectivity index is 1.68. The van der Waals surface area contributed by atoms with E-state index in [0.717, 1.165) is 5.56 Å². The second-order valence-corrected chi connectivity index (χ2v) is 8.19. The van der Waals surface area contributed by atoms with Gasteiger partial charge < -0.3 is 14.6 Å². The summed E-state index contributed by atoms with van der Waals surface area (Å²) in [4.78, 5) is 33.4. The molecule has 28 heavy (non-hydrogen) atoms. The molecule has 0 aliphatic carbocycles. The lowest BCUT2D eigenvalue weighted by Gasteiger charge is -2.22. The third-order valence-electron chi connectivity index (χ3n) is 4.65. The van der Waals surface area contributed by atoms with Gasteiger partial charge in [0.25, 0.3) is 11.5 Å². The Hall–Kier alpha value is -2.67. The van der Waals surface area contributed by atoms with Crippen LogP contribution in [-0.2, 0) is 11.3 Å². The fourth-order valence-electron chi connectivity index (χ4n) is 3.23. The Morgan fingerprint density at radius 3 is 2.71 bits per heavy atom. The van der Waals surface area contributed by atoms with Gasteiger partial charge in [0.15, 0.2) is 6.10 Å². The summed E-state index contributed by atoms with van der Waals surface area (Å²) in [5.41, 5.74) is 2.88. The Morgan fingerprint density at radius 1 is 1.29 bits per heavy atom. The summed E-state index contributed by atoms with van der Waals surface area (Å²) < 4.78 is 6.44. The number of amides is 1. The molecule has 6 nitrogen and oxygen atoms in total. The maximum absolute atomic E-state index is 12.7. The molecule has 148 valence electrons. The van der Waals surface area contributed by atoms with Crippen LogP contribution in [0, 0.1) is 6.92 Å². The van der Waals surface area contributed by atoms with E-state index >= 15 is 0 Å². The molecule has 3 aromatic rings. The first-order valence-electron chi connectivity index (χ1n) is 9.25. The first-order chi connectivity index (χ1) is 13.3. The normalized spacial score (nSPS) is 12.4. The van der Waals surface area contributed by atoms with Crippen LogP contribution < -0.4 is 10.3 Å². The largest absolute Gasteiger partial charge is 0.481 e. The molecule has 3 rings (SSSR count). The Morgan fingerprint density at radius 2 is 2.04 bits per heavy atom. The lowest BCUT2D eigenvalue weighted by molar-refractivity contribution is -0.137. The summed E-state index contributed by atoms with van der Waals surface area (Å²) in [6, 6.07) is 7.70. The molecule has 1 amide bonds. The van der Waals surface area contributed by atoms with Crippen LogP contribution in [-0.4, -0.2) is 33.9 Å². The van der Waals surface area contributed by atoms with Gasteiger partial charge in [0, 0.05) is 7.05 Å². The van der Waals surface area contributed by atoms with Crippen LogP contribution in [0.5, 0.6) is 5.75 Å². The van der Waals surface area contributed by atoms with E-state index in [1.54, 1.807) is 20.0 Å². The van der Waals surface area contributed by atoms with Gasteiger partial charge in [0.2, 0.25) is 0 Å². The van der Waals surface area contributed by atoms with Gasteiger partial charge >= 0.3 is 0 Å². The standard InChI is InChI=1S/C21H25N3O3S/c1-12(2)16-7-6-15(10-13(16)3)27-14(4)21(26)24(5)11-18-22-17-8-9-28-19(17)20(25)23-18/h6-10,12,14H,11H2,1-5H3,(H,22,23,25). The highest BCUT2D eigenvalue weighted by Crippen LogP contribution is 2.24. The topological polar surface area (TPSA) is 75.3 Å². The van der Waals surface area contributed by atoms with Crippen molar-refractivity contribution in [3.63, 3.8) is 0 Å². The lowest BCUT2D eigenvalue weighted by atomic mass is 9.98. The number of hydrogen-bond donors (Lipinski definition) is 1. The molecule has 7 heteroatoms. The summed E-state index contributed by atoms with van der Waals surface area (Å²) >= 11 is 1.35. The number of carbonyl (C=O) groups is 1. The monoisotopic (exact) mass is 399 g/mol. The second kappa shape index (κ2) is 8.14. The van der Waals surface area contributed by atoms with Gasteiger partial charge in [-0.25, -0.2) is 4.98 Å². The van der Waals surface area contributed by atoms with Crippen LogP contribution in [0.15, 0.2) is 34.4 Å². The zero-order valence-electron chi connectivity index (χ0n) is 16.8. The molecule has 0 fully saturated rings. The van der Waals surface area contributed by atoms with Crippen molar-refractivity contribution < 1.29 is 9.53 Å². The van der Waals surface area contributed by atoms with Gasteiger partial charge in [-0.05, 0) is 54.5 Å². The molecule has 0 aliphatic heterocycles. The fourth-order valence-corrected chi connectivity index (χ4v) is 3.96. The minimum atomic E-state index is -0.647. The minimum Gasteiger partial charge on any atom is -0.481 e. The molecule has 0 saturated carbocycles. The highest BCUT2D eigenvalue weighted by Gasteiger charge is 2.21. The molecule has 0 bridgehead atoms. The third-order valence-corrected chi connectivity index (χ3v) is 5.55. The molecule has 2 aromatic heterocycles. The zero-order chi connectivity index (χ0) is 20.4. The van der Waals surface area contributed by atoms with Crippen molar-refractivity contribution in [2.45, 2.75) is 46.3 Å². The highest BCUT2D eigenvalue weighted by molar-refractivity contribution is 7.17. The number of fused-ring (bicyclic) bond motifs is 1. The number of nitrogens with one attached hydrogen (secondary N) is 1. The fraction of sp³-hybridized carbons (Fsp3) is 0.381. The SMILES string of the molecule is Cc1cc(OC(C)C(=O)N(C)Cc2nc3ccsc3c(=O)[nH]2)ccc1C(C)C. The number of thiophene rings is 1. The smallest absolute Gasteiger partial charge is 0.268 e. The summed E-state index contributed by atoms with van der Waals surface area (Å²) in [5.74, 6) is 1.38. The molecular weight excluding hydrogens is 374 g/mol. The van der Waals surface area contributed by atoms with Gasteiger partial charge in [-0.3, -0.25) is 9.59 Å². The van der Waals surface area contributed by atoms with E-state index in [-0.39, 0.29) is 18.0 Å². The number of aryl methyl sites for hydroxylation is 1. The average molecular weight is 400 g/mol. The van der Waals surface area contributed by atoms with Gasteiger partial charge in [0.1, 0.15) is 16.3 Å². The molecule has 1 atom stereocenters. The van der Waals surface area contributed by atoms with Crippen molar-refractivity contribution in [3.8, 4) is 5.75 Å². The quantitative estimate of drug-likeness (QED) is 0.683. The number of aromatic nitrogens is 2. The van der Waals surface area contributed by atoms with Crippen LogP contribution in [0.2, 0.25) is 0 Å². The lowest BCUT2D eigenvalue weighted by Crippen LogP contribution is -2.38. The molecular formula is C21H25N3O3S. The number of carbonyl (C=O) groups excluding carboxylic acids is 1. The number of nitrogens with zero attached hydrogens (tertiary/aromatic N) is 2. The number of rotatable bonds is 6. The average Bonchev–Trinajstić information content (AvgIpc) is 3.09. The molecule has 1 aromatic carbocycles. The highest BCUT2D eigenvalue weighted by atomic mass is 32.1. The van der Waals surface area contributed by atoms with Crippen molar-refractivity contribution in [3.05, 3.63) is 57.0 Å². The molecule has 0 saturated heterocycles. The van der Waals surface area contributed by atoms with E-state index in [9.17, 15) is 9.59 Å². The van der Waals surface area contributed by atoms with E-state index in [0.29, 0.717) is 27.7 Å². The second-order valence-electron chi connectivity index (χ2n) is 7.28. The van der Waals surface area contributed by atoms with Crippen molar-refractivity contribution in [1.29, 1.82) is 0 Å². The van der Waals surface area contributed by atoms with Crippen molar-refractivity contribution in [2.24, 2.45) is 0 Å². The molecule has 1 unspecified atom stereocenters. The number of benzene rings is 1. The Bertz CT molecular complexity index is 1050. The Kier molecular flexibility index (Phi) is 5.84. The summed E-state index contributed by atoms with van der Waals surface area (Å²) in [6.07, 6.45) is -0.647. The van der Waals surface area contributed by atoms with Crippen LogP contribution >= 0.6 is 11.3 Å². The first kappa shape index (κ1) is 20.1. The van der Waals surface area contributed by atoms with Crippen LogP contribution in [0.3, 0.4) is 0 Å². The molecule has 0 aliphatic rings. The first-order valence-corrected chi connectivity index (χ1v) is 10.1. The van der Waals surface area contributed by atoms with Gasteiger partial charge in [-0.1, -0.05) is 19.9 Å². The van der Waals surface area contributed by atoms with Crippen LogP contribution in [0.25, 0.3) is 10.2 Å². The molecule has 0 spiro atoms. The van der Waals surface area contributed by atoms with E-state index in [1.165, 1.54) is 21.8 Å². The van der Waals surface area contributed by atoms with Crippen LogP contribution in [0.1, 0.15) is 43.6 Å². The number of ether oxygens (including phenoxy) is 1.